The van der Waals surface area contributed by atoms with Crippen LogP contribution in [-0.4, -0.2) is 56.1 Å². The number of carbonyl (C=O) groups excluding carboxylic acids is 5. The molecule has 0 bridgehead atoms. The Bertz CT molecular complexity index is 1190. The fourth-order valence-corrected chi connectivity index (χ4v) is 6.89. The van der Waals surface area contributed by atoms with E-state index in [0.717, 1.165) is 0 Å². The molecule has 0 saturated heterocycles. The van der Waals surface area contributed by atoms with Crippen molar-refractivity contribution in [2.45, 2.75) is 70.5 Å². The van der Waals surface area contributed by atoms with Crippen LogP contribution in [0.2, 0.25) is 0 Å². The molecule has 5 N–H and O–H groups in total. The van der Waals surface area contributed by atoms with Gasteiger partial charge in [-0.2, -0.15) is 0 Å². The van der Waals surface area contributed by atoms with Crippen LogP contribution < -0.4 is 5.73 Å². The molecule has 0 heterocycles. The highest BCUT2D eigenvalue weighted by atomic mass is 16.3. The number of fused-ring (bicyclic) bond motifs is 3. The molecule has 8 atom stereocenters. The van der Waals surface area contributed by atoms with Crippen LogP contribution in [-0.2, 0) is 24.6 Å². The van der Waals surface area contributed by atoms with Gasteiger partial charge in [-0.1, -0.05) is 39.8 Å². The number of phenols is 1. The lowest BCUT2D eigenvalue weighted by Crippen LogP contribution is -2.71. The molecule has 3 aliphatic carbocycles. The zero-order valence-electron chi connectivity index (χ0n) is 21.1. The Balaban J connectivity index is 1.96. The van der Waals surface area contributed by atoms with Crippen LogP contribution in [0.3, 0.4) is 0 Å². The van der Waals surface area contributed by atoms with E-state index < -0.39 is 88.1 Å². The van der Waals surface area contributed by atoms with E-state index in [0.29, 0.717) is 11.1 Å². The van der Waals surface area contributed by atoms with Crippen molar-refractivity contribution in [3.63, 3.8) is 0 Å². The summed E-state index contributed by atoms with van der Waals surface area (Å²) in [5, 5.41) is 33.1. The van der Waals surface area contributed by atoms with Gasteiger partial charge >= 0.3 is 0 Å². The van der Waals surface area contributed by atoms with E-state index in [-0.39, 0.29) is 17.7 Å². The number of primary amides is 1. The van der Waals surface area contributed by atoms with Crippen molar-refractivity contribution < 1.29 is 39.3 Å². The molecule has 4 rings (SSSR count). The maximum absolute atomic E-state index is 13.9. The van der Waals surface area contributed by atoms with Crippen LogP contribution >= 0.6 is 0 Å². The molecule has 0 spiro atoms. The van der Waals surface area contributed by atoms with E-state index in [4.69, 9.17) is 5.73 Å². The van der Waals surface area contributed by atoms with Crippen molar-refractivity contribution in [2.24, 2.45) is 35.3 Å². The van der Waals surface area contributed by atoms with E-state index in [9.17, 15) is 39.3 Å². The number of aliphatic hydroxyl groups excluding tert-OH is 1. The second-order valence-corrected chi connectivity index (χ2v) is 11.7. The Hall–Kier alpha value is -2.91. The van der Waals surface area contributed by atoms with Crippen LogP contribution in [0.4, 0.5) is 0 Å². The summed E-state index contributed by atoms with van der Waals surface area (Å²) in [4.78, 5) is 65.8. The number of benzene rings is 1. The summed E-state index contributed by atoms with van der Waals surface area (Å²) in [6.07, 6.45) is -1.36. The fourth-order valence-electron chi connectivity index (χ4n) is 6.89. The van der Waals surface area contributed by atoms with Gasteiger partial charge in [-0.15, -0.1) is 0 Å². The second kappa shape index (κ2) is 8.31. The molecule has 3 unspecified atom stereocenters. The number of hydrogen-bond acceptors (Lipinski definition) is 8. The standard InChI is InChI=1S/C27H33NO8/c1-10(29)8-13-15-9-16(30)19(25(28)35)23(33)27(15,36)24(34)20-17(13)11(2)12-6-7-14(26(3,4)5)21(31)18(12)22(20)32/h6-7,10-11,13,15,17,19-20,29,31,36H,8-9H2,1-5H3,(H2,28,35)/t10?,11-,13+,15+,17-,19?,20?,27+/m0/s1. The van der Waals surface area contributed by atoms with Gasteiger partial charge in [-0.25, -0.2) is 0 Å². The minimum absolute atomic E-state index is 0.0161. The zero-order chi connectivity index (χ0) is 27.1. The SMILES string of the molecule is CC(O)C[C@H]1[C@H]2C(C(=O)c3c(ccc(C(C)(C)C)c3O)[C@@H]2C)C(=O)[C@]2(O)C(=O)C(C(N)=O)C(=O)C[C@H]12. The first-order valence-electron chi connectivity index (χ1n) is 12.3. The summed E-state index contributed by atoms with van der Waals surface area (Å²) in [5.41, 5.74) is 3.00. The van der Waals surface area contributed by atoms with Crippen LogP contribution in [0.25, 0.3) is 0 Å². The smallest absolute Gasteiger partial charge is 0.235 e. The Morgan fingerprint density at radius 3 is 2.31 bits per heavy atom. The lowest BCUT2D eigenvalue weighted by molar-refractivity contribution is -0.183. The molecule has 194 valence electrons. The largest absolute Gasteiger partial charge is 0.507 e. The van der Waals surface area contributed by atoms with Gasteiger partial charge < -0.3 is 21.1 Å². The highest BCUT2D eigenvalue weighted by Gasteiger charge is 2.69. The zero-order valence-corrected chi connectivity index (χ0v) is 21.1. The monoisotopic (exact) mass is 499 g/mol. The predicted molar refractivity (Wildman–Crippen MR) is 127 cm³/mol. The van der Waals surface area contributed by atoms with Crippen LogP contribution in [0, 0.1) is 29.6 Å². The van der Waals surface area contributed by atoms with Crippen molar-refractivity contribution in [1.29, 1.82) is 0 Å². The molecule has 36 heavy (non-hydrogen) atoms. The third kappa shape index (κ3) is 3.47. The number of carbonyl (C=O) groups is 5. The fraction of sp³-hybridized carbons (Fsp3) is 0.593. The van der Waals surface area contributed by atoms with E-state index in [1.54, 1.807) is 19.1 Å². The normalized spacial score (nSPS) is 35.1. The van der Waals surface area contributed by atoms with Crippen LogP contribution in [0.5, 0.6) is 5.75 Å². The number of hydrogen-bond donors (Lipinski definition) is 4. The van der Waals surface area contributed by atoms with Crippen molar-refractivity contribution in [3.8, 4) is 5.75 Å². The van der Waals surface area contributed by atoms with Gasteiger partial charge in [-0.3, -0.25) is 24.0 Å². The van der Waals surface area contributed by atoms with Gasteiger partial charge in [-0.05, 0) is 47.6 Å². The van der Waals surface area contributed by atoms with Crippen molar-refractivity contribution >= 4 is 29.0 Å². The number of nitrogens with two attached hydrogens (primary N) is 1. The molecule has 3 aliphatic rings. The third-order valence-corrected chi connectivity index (χ3v) is 8.48. The Morgan fingerprint density at radius 2 is 1.78 bits per heavy atom. The van der Waals surface area contributed by atoms with E-state index in [1.807, 2.05) is 20.8 Å². The van der Waals surface area contributed by atoms with Gasteiger partial charge in [0.2, 0.25) is 5.91 Å². The molecule has 1 amide bonds. The first-order valence-corrected chi connectivity index (χ1v) is 12.3. The van der Waals surface area contributed by atoms with E-state index >= 15 is 0 Å². The van der Waals surface area contributed by atoms with Gasteiger partial charge in [0.05, 0.1) is 17.6 Å². The lowest BCUT2D eigenvalue weighted by Gasteiger charge is -2.55. The average molecular weight is 500 g/mol. The van der Waals surface area contributed by atoms with Gasteiger partial charge in [0.1, 0.15) is 5.75 Å². The van der Waals surface area contributed by atoms with Crippen molar-refractivity contribution in [3.05, 3.63) is 28.8 Å². The molecule has 1 aromatic rings. The van der Waals surface area contributed by atoms with Crippen molar-refractivity contribution in [2.75, 3.05) is 0 Å². The summed E-state index contributed by atoms with van der Waals surface area (Å²) < 4.78 is 0. The highest BCUT2D eigenvalue weighted by Crippen LogP contribution is 2.58. The van der Waals surface area contributed by atoms with Crippen LogP contribution in [0.15, 0.2) is 12.1 Å². The number of amides is 1. The van der Waals surface area contributed by atoms with E-state index in [1.165, 1.54) is 6.92 Å². The summed E-state index contributed by atoms with van der Waals surface area (Å²) in [6, 6.07) is 3.49. The number of phenolic OH excluding ortho intramolecular Hbond substituents is 1. The first-order chi connectivity index (χ1) is 16.5. The Labute approximate surface area is 209 Å². The molecule has 9 heteroatoms. The van der Waals surface area contributed by atoms with Gasteiger partial charge in [0.15, 0.2) is 34.7 Å². The first kappa shape index (κ1) is 26.2. The molecule has 1 aromatic carbocycles. The Kier molecular flexibility index (Phi) is 6.04. The van der Waals surface area contributed by atoms with Gasteiger partial charge in [0.25, 0.3) is 0 Å². The molecule has 9 nitrogen and oxygen atoms in total. The number of Topliss-reactive ketones (excluding diaryl/α,β-unsaturated/α-hetero) is 4. The minimum atomic E-state index is -2.78. The predicted octanol–water partition coefficient (Wildman–Crippen LogP) is 1.18. The summed E-state index contributed by atoms with van der Waals surface area (Å²) in [6.45, 7) is 8.91. The minimum Gasteiger partial charge on any atom is -0.507 e. The molecule has 0 radical (unpaired) electrons. The average Bonchev–Trinajstić information content (AvgIpc) is 2.74. The highest BCUT2D eigenvalue weighted by molar-refractivity contribution is 6.31. The maximum Gasteiger partial charge on any atom is 0.235 e. The molecule has 0 aliphatic heterocycles. The Morgan fingerprint density at radius 1 is 1.17 bits per heavy atom. The molecular formula is C27H33NO8. The summed E-state index contributed by atoms with van der Waals surface area (Å²) >= 11 is 0. The van der Waals surface area contributed by atoms with Gasteiger partial charge in [0, 0.05) is 12.3 Å². The summed E-state index contributed by atoms with van der Waals surface area (Å²) in [7, 11) is 0. The lowest BCUT2D eigenvalue weighted by atomic mass is 9.47. The van der Waals surface area contributed by atoms with Crippen molar-refractivity contribution in [1.82, 2.24) is 0 Å². The number of aliphatic hydroxyl groups is 2. The molecule has 2 fully saturated rings. The summed E-state index contributed by atoms with van der Waals surface area (Å²) in [5.74, 6) is -12.1. The molecular weight excluding hydrogens is 466 g/mol. The second-order valence-electron chi connectivity index (χ2n) is 11.7. The molecule has 0 aromatic heterocycles. The number of ketones is 4. The molecule has 2 saturated carbocycles. The number of aromatic hydroxyl groups is 1. The van der Waals surface area contributed by atoms with E-state index in [2.05, 4.69) is 0 Å². The number of rotatable bonds is 3. The third-order valence-electron chi connectivity index (χ3n) is 8.48. The topological polar surface area (TPSA) is 172 Å². The maximum atomic E-state index is 13.9. The van der Waals surface area contributed by atoms with Crippen LogP contribution in [0.1, 0.15) is 74.9 Å². The quantitative estimate of drug-likeness (QED) is 0.449.